The summed E-state index contributed by atoms with van der Waals surface area (Å²) in [6.07, 6.45) is 6.84. The summed E-state index contributed by atoms with van der Waals surface area (Å²) in [6.45, 7) is 8.50. The van der Waals surface area contributed by atoms with E-state index in [0.717, 1.165) is 45.4 Å². The fourth-order valence-electron chi connectivity index (χ4n) is 2.39. The van der Waals surface area contributed by atoms with Gasteiger partial charge in [-0.1, -0.05) is 13.8 Å². The van der Waals surface area contributed by atoms with Crippen LogP contribution in [0.4, 0.5) is 0 Å². The molecule has 3 heteroatoms. The first-order valence-corrected chi connectivity index (χ1v) is 7.28. The van der Waals surface area contributed by atoms with E-state index in [9.17, 15) is 5.11 Å². The fourth-order valence-corrected chi connectivity index (χ4v) is 2.39. The van der Waals surface area contributed by atoms with Crippen LogP contribution in [0.15, 0.2) is 0 Å². The molecule has 0 bridgehead atoms. The second kappa shape index (κ2) is 8.90. The quantitative estimate of drug-likeness (QED) is 0.710. The molecular formula is C14H29NO2. The van der Waals surface area contributed by atoms with Gasteiger partial charge in [-0.3, -0.25) is 0 Å². The highest BCUT2D eigenvalue weighted by Gasteiger charge is 2.19. The minimum Gasteiger partial charge on any atom is -0.393 e. The van der Waals surface area contributed by atoms with E-state index in [1.807, 2.05) is 6.92 Å². The van der Waals surface area contributed by atoms with Gasteiger partial charge in [0.15, 0.2) is 0 Å². The van der Waals surface area contributed by atoms with Gasteiger partial charge in [0, 0.05) is 13.2 Å². The van der Waals surface area contributed by atoms with E-state index in [4.69, 9.17) is 4.74 Å². The summed E-state index contributed by atoms with van der Waals surface area (Å²) in [5, 5.41) is 9.51. The van der Waals surface area contributed by atoms with Crippen LogP contribution in [0.5, 0.6) is 0 Å². The van der Waals surface area contributed by atoms with Crippen LogP contribution in [0.3, 0.4) is 0 Å². The first kappa shape index (κ1) is 14.9. The Hall–Kier alpha value is -0.120. The van der Waals surface area contributed by atoms with Gasteiger partial charge in [0.25, 0.3) is 0 Å². The van der Waals surface area contributed by atoms with Crippen molar-refractivity contribution in [2.45, 2.75) is 64.6 Å². The van der Waals surface area contributed by atoms with E-state index >= 15 is 0 Å². The molecule has 1 saturated heterocycles. The van der Waals surface area contributed by atoms with Crippen LogP contribution in [0.25, 0.3) is 0 Å². The van der Waals surface area contributed by atoms with Crippen molar-refractivity contribution in [3.8, 4) is 0 Å². The first-order chi connectivity index (χ1) is 8.26. The molecule has 102 valence electrons. The Morgan fingerprint density at radius 3 is 2.94 bits per heavy atom. The summed E-state index contributed by atoms with van der Waals surface area (Å²) in [4.78, 5) is 2.49. The second-order valence-corrected chi connectivity index (χ2v) is 5.14. The Morgan fingerprint density at radius 2 is 2.24 bits per heavy atom. The molecule has 0 aromatic carbocycles. The molecule has 2 atom stereocenters. The van der Waals surface area contributed by atoms with Crippen molar-refractivity contribution in [1.82, 2.24) is 4.90 Å². The van der Waals surface area contributed by atoms with E-state index < -0.39 is 0 Å². The Morgan fingerprint density at radius 1 is 1.41 bits per heavy atom. The van der Waals surface area contributed by atoms with Gasteiger partial charge in [0.05, 0.1) is 12.2 Å². The lowest BCUT2D eigenvalue weighted by Crippen LogP contribution is -2.40. The lowest BCUT2D eigenvalue weighted by molar-refractivity contribution is -0.00111. The predicted molar refractivity (Wildman–Crippen MR) is 71.2 cm³/mol. The summed E-state index contributed by atoms with van der Waals surface area (Å²) in [7, 11) is 0. The SMILES string of the molecule is CCCOC1CCCN(CCCC(O)CC)C1. The van der Waals surface area contributed by atoms with Gasteiger partial charge < -0.3 is 14.7 Å². The van der Waals surface area contributed by atoms with Gasteiger partial charge in [-0.2, -0.15) is 0 Å². The van der Waals surface area contributed by atoms with Crippen molar-refractivity contribution < 1.29 is 9.84 Å². The Balaban J connectivity index is 2.11. The molecule has 0 radical (unpaired) electrons. The molecule has 0 amide bonds. The van der Waals surface area contributed by atoms with Crippen LogP contribution >= 0.6 is 0 Å². The van der Waals surface area contributed by atoms with Crippen LogP contribution in [-0.2, 0) is 4.74 Å². The van der Waals surface area contributed by atoms with Gasteiger partial charge in [-0.25, -0.2) is 0 Å². The van der Waals surface area contributed by atoms with Crippen molar-refractivity contribution in [3.05, 3.63) is 0 Å². The Kier molecular flexibility index (Phi) is 7.82. The number of piperidine rings is 1. The van der Waals surface area contributed by atoms with Crippen LogP contribution in [0.2, 0.25) is 0 Å². The number of aliphatic hydroxyl groups is 1. The van der Waals surface area contributed by atoms with E-state index in [-0.39, 0.29) is 6.10 Å². The van der Waals surface area contributed by atoms with Gasteiger partial charge in [-0.15, -0.1) is 0 Å². The Bertz CT molecular complexity index is 187. The molecular weight excluding hydrogens is 214 g/mol. The van der Waals surface area contributed by atoms with Gasteiger partial charge in [0.1, 0.15) is 0 Å². The van der Waals surface area contributed by atoms with Crippen molar-refractivity contribution in [2.24, 2.45) is 0 Å². The third-order valence-corrected chi connectivity index (χ3v) is 3.50. The molecule has 1 heterocycles. The van der Waals surface area contributed by atoms with Crippen LogP contribution in [-0.4, -0.2) is 48.5 Å². The molecule has 0 aliphatic carbocycles. The highest BCUT2D eigenvalue weighted by atomic mass is 16.5. The van der Waals surface area contributed by atoms with Crippen molar-refractivity contribution in [3.63, 3.8) is 0 Å². The summed E-state index contributed by atoms with van der Waals surface area (Å²) in [5.41, 5.74) is 0. The smallest absolute Gasteiger partial charge is 0.0702 e. The molecule has 17 heavy (non-hydrogen) atoms. The number of rotatable bonds is 8. The zero-order valence-corrected chi connectivity index (χ0v) is 11.5. The number of ether oxygens (including phenoxy) is 1. The average molecular weight is 243 g/mol. The van der Waals surface area contributed by atoms with Crippen LogP contribution in [0, 0.1) is 0 Å². The molecule has 1 aliphatic rings. The molecule has 2 unspecified atom stereocenters. The maximum absolute atomic E-state index is 9.51. The average Bonchev–Trinajstić information content (AvgIpc) is 2.36. The van der Waals surface area contributed by atoms with Crippen molar-refractivity contribution in [1.29, 1.82) is 0 Å². The third kappa shape index (κ3) is 6.39. The van der Waals surface area contributed by atoms with Crippen LogP contribution in [0.1, 0.15) is 52.4 Å². The molecule has 1 fully saturated rings. The number of hydrogen-bond donors (Lipinski definition) is 1. The number of aliphatic hydroxyl groups excluding tert-OH is 1. The van der Waals surface area contributed by atoms with Crippen molar-refractivity contribution >= 4 is 0 Å². The second-order valence-electron chi connectivity index (χ2n) is 5.14. The third-order valence-electron chi connectivity index (χ3n) is 3.50. The Labute approximate surface area is 106 Å². The molecule has 0 aromatic rings. The highest BCUT2D eigenvalue weighted by molar-refractivity contribution is 4.73. The maximum Gasteiger partial charge on any atom is 0.0702 e. The maximum atomic E-state index is 9.51. The summed E-state index contributed by atoms with van der Waals surface area (Å²) in [6, 6.07) is 0. The highest BCUT2D eigenvalue weighted by Crippen LogP contribution is 2.14. The fraction of sp³-hybridized carbons (Fsp3) is 1.00. The lowest BCUT2D eigenvalue weighted by Gasteiger charge is -2.32. The zero-order valence-electron chi connectivity index (χ0n) is 11.5. The van der Waals surface area contributed by atoms with E-state index in [1.54, 1.807) is 0 Å². The first-order valence-electron chi connectivity index (χ1n) is 7.28. The minimum absolute atomic E-state index is 0.105. The summed E-state index contributed by atoms with van der Waals surface area (Å²) >= 11 is 0. The summed E-state index contributed by atoms with van der Waals surface area (Å²) in [5.74, 6) is 0. The molecule has 3 nitrogen and oxygen atoms in total. The van der Waals surface area contributed by atoms with E-state index in [1.165, 1.54) is 19.4 Å². The molecule has 0 aromatic heterocycles. The van der Waals surface area contributed by atoms with Crippen LogP contribution < -0.4 is 0 Å². The zero-order chi connectivity index (χ0) is 12.5. The normalized spacial score (nSPS) is 23.8. The van der Waals surface area contributed by atoms with Gasteiger partial charge >= 0.3 is 0 Å². The molecule has 0 saturated carbocycles. The predicted octanol–water partition coefficient (Wildman–Crippen LogP) is 2.43. The number of likely N-dealkylation sites (tertiary alicyclic amines) is 1. The summed E-state index contributed by atoms with van der Waals surface area (Å²) < 4.78 is 5.82. The molecule has 1 N–H and O–H groups in total. The number of nitrogens with zero attached hydrogens (tertiary/aromatic N) is 1. The topological polar surface area (TPSA) is 32.7 Å². The van der Waals surface area contributed by atoms with Gasteiger partial charge in [0.2, 0.25) is 0 Å². The molecule has 1 aliphatic heterocycles. The van der Waals surface area contributed by atoms with Crippen molar-refractivity contribution in [2.75, 3.05) is 26.2 Å². The monoisotopic (exact) mass is 243 g/mol. The molecule has 0 spiro atoms. The molecule has 1 rings (SSSR count). The van der Waals surface area contributed by atoms with Gasteiger partial charge in [-0.05, 0) is 51.6 Å². The minimum atomic E-state index is -0.105. The lowest BCUT2D eigenvalue weighted by atomic mass is 10.1. The van der Waals surface area contributed by atoms with E-state index in [0.29, 0.717) is 6.10 Å². The standard InChI is InChI=1S/C14H29NO2/c1-3-11-17-14-8-6-10-15(12-14)9-5-7-13(16)4-2/h13-14,16H,3-12H2,1-2H3. The largest absolute Gasteiger partial charge is 0.393 e. The number of hydrogen-bond acceptors (Lipinski definition) is 3. The van der Waals surface area contributed by atoms with E-state index in [2.05, 4.69) is 11.8 Å².